The summed E-state index contributed by atoms with van der Waals surface area (Å²) in [6, 6.07) is 0. The third-order valence-electron chi connectivity index (χ3n) is 4.56. The summed E-state index contributed by atoms with van der Waals surface area (Å²) in [5.74, 6) is 0.646. The Hall–Kier alpha value is -0.610. The first-order valence-corrected chi connectivity index (χ1v) is 7.70. The summed E-state index contributed by atoms with van der Waals surface area (Å²) in [4.78, 5) is 14.4. The molecule has 1 amide bonds. The number of likely N-dealkylation sites (tertiary alicyclic amines) is 1. The van der Waals surface area contributed by atoms with E-state index in [0.29, 0.717) is 19.1 Å². The van der Waals surface area contributed by atoms with Gasteiger partial charge in [0.15, 0.2) is 0 Å². The van der Waals surface area contributed by atoms with Crippen LogP contribution in [0, 0.1) is 11.8 Å². The zero-order valence-electron chi connectivity index (χ0n) is 12.2. The number of piperidine rings is 1. The van der Waals surface area contributed by atoms with Crippen molar-refractivity contribution in [2.75, 3.05) is 19.7 Å². The Kier molecular flexibility index (Phi) is 5.22. The van der Waals surface area contributed by atoms with Gasteiger partial charge in [-0.3, -0.25) is 4.79 Å². The number of nitrogens with zero attached hydrogens (tertiary/aromatic N) is 1. The van der Waals surface area contributed by atoms with Crippen LogP contribution in [0.25, 0.3) is 0 Å². The molecular weight excluding hydrogens is 242 g/mol. The van der Waals surface area contributed by atoms with E-state index in [9.17, 15) is 9.90 Å². The molecule has 0 bridgehead atoms. The van der Waals surface area contributed by atoms with Crippen LogP contribution in [-0.4, -0.2) is 47.8 Å². The standard InChI is InChI=1S/C15H27NO3/c1-3-4-13-9-12(6-8-19-13)15(18)16-7-5-11(2)14(17)10-16/h11-14,17H,3-10H2,1-2H3. The van der Waals surface area contributed by atoms with Gasteiger partial charge in [0.05, 0.1) is 12.2 Å². The average molecular weight is 269 g/mol. The van der Waals surface area contributed by atoms with Crippen molar-refractivity contribution < 1.29 is 14.6 Å². The first-order valence-electron chi connectivity index (χ1n) is 7.70. The van der Waals surface area contributed by atoms with E-state index in [0.717, 1.165) is 38.6 Å². The molecule has 4 unspecified atom stereocenters. The van der Waals surface area contributed by atoms with E-state index in [1.54, 1.807) is 0 Å². The molecule has 0 saturated carbocycles. The Labute approximate surface area is 116 Å². The molecule has 0 aliphatic carbocycles. The fraction of sp³-hybridized carbons (Fsp3) is 0.933. The molecule has 4 heteroatoms. The second kappa shape index (κ2) is 6.71. The van der Waals surface area contributed by atoms with Gasteiger partial charge in [0.25, 0.3) is 0 Å². The maximum absolute atomic E-state index is 12.5. The van der Waals surface area contributed by atoms with E-state index in [-0.39, 0.29) is 24.0 Å². The summed E-state index contributed by atoms with van der Waals surface area (Å²) in [6.45, 7) is 6.21. The van der Waals surface area contributed by atoms with Gasteiger partial charge in [-0.05, 0) is 31.6 Å². The van der Waals surface area contributed by atoms with Gasteiger partial charge in [0.1, 0.15) is 0 Å². The molecule has 0 aromatic carbocycles. The summed E-state index contributed by atoms with van der Waals surface area (Å²) in [5.41, 5.74) is 0. The molecule has 2 aliphatic rings. The molecule has 0 aromatic rings. The van der Waals surface area contributed by atoms with Crippen molar-refractivity contribution in [1.29, 1.82) is 0 Å². The Morgan fingerprint density at radius 3 is 2.89 bits per heavy atom. The van der Waals surface area contributed by atoms with Crippen molar-refractivity contribution in [1.82, 2.24) is 4.90 Å². The maximum atomic E-state index is 12.5. The minimum Gasteiger partial charge on any atom is -0.391 e. The molecule has 4 atom stereocenters. The lowest BCUT2D eigenvalue weighted by Crippen LogP contribution is -2.49. The number of aliphatic hydroxyl groups is 1. The van der Waals surface area contributed by atoms with Crippen LogP contribution in [0.4, 0.5) is 0 Å². The second-order valence-corrected chi connectivity index (χ2v) is 6.12. The van der Waals surface area contributed by atoms with E-state index < -0.39 is 0 Å². The zero-order chi connectivity index (χ0) is 13.8. The molecule has 0 spiro atoms. The number of carbonyl (C=O) groups is 1. The van der Waals surface area contributed by atoms with Crippen LogP contribution in [0.1, 0.15) is 46.0 Å². The van der Waals surface area contributed by atoms with Gasteiger partial charge in [0, 0.05) is 25.6 Å². The monoisotopic (exact) mass is 269 g/mol. The van der Waals surface area contributed by atoms with Gasteiger partial charge in [0.2, 0.25) is 5.91 Å². The van der Waals surface area contributed by atoms with Gasteiger partial charge in [-0.15, -0.1) is 0 Å². The summed E-state index contributed by atoms with van der Waals surface area (Å²) < 4.78 is 5.70. The molecule has 1 N–H and O–H groups in total. The highest BCUT2D eigenvalue weighted by Gasteiger charge is 2.34. The largest absolute Gasteiger partial charge is 0.391 e. The van der Waals surface area contributed by atoms with Crippen LogP contribution in [0.3, 0.4) is 0 Å². The highest BCUT2D eigenvalue weighted by molar-refractivity contribution is 5.79. The normalized spacial score (nSPS) is 36.3. The summed E-state index contributed by atoms with van der Waals surface area (Å²) in [7, 11) is 0. The topological polar surface area (TPSA) is 49.8 Å². The summed E-state index contributed by atoms with van der Waals surface area (Å²) in [6.07, 6.45) is 4.64. The number of hydrogen-bond donors (Lipinski definition) is 1. The number of ether oxygens (including phenoxy) is 1. The number of amides is 1. The number of carbonyl (C=O) groups excluding carboxylic acids is 1. The molecule has 0 radical (unpaired) electrons. The molecule has 2 fully saturated rings. The summed E-state index contributed by atoms with van der Waals surface area (Å²) >= 11 is 0. The first-order chi connectivity index (χ1) is 9.11. The SMILES string of the molecule is CCCC1CC(C(=O)N2CCC(C)C(O)C2)CCO1. The highest BCUT2D eigenvalue weighted by Crippen LogP contribution is 2.27. The third-order valence-corrected chi connectivity index (χ3v) is 4.56. The van der Waals surface area contributed by atoms with Crippen molar-refractivity contribution in [2.45, 2.75) is 58.2 Å². The molecular formula is C15H27NO3. The van der Waals surface area contributed by atoms with Gasteiger partial charge in [-0.1, -0.05) is 20.3 Å². The lowest BCUT2D eigenvalue weighted by Gasteiger charge is -2.38. The lowest BCUT2D eigenvalue weighted by molar-refractivity contribution is -0.145. The quantitative estimate of drug-likeness (QED) is 0.850. The Morgan fingerprint density at radius 2 is 2.21 bits per heavy atom. The van der Waals surface area contributed by atoms with Gasteiger partial charge >= 0.3 is 0 Å². The molecule has 2 saturated heterocycles. The van der Waals surface area contributed by atoms with Crippen molar-refractivity contribution >= 4 is 5.91 Å². The van der Waals surface area contributed by atoms with E-state index in [2.05, 4.69) is 13.8 Å². The predicted octanol–water partition coefficient (Wildman–Crippen LogP) is 1.81. The fourth-order valence-electron chi connectivity index (χ4n) is 3.13. The fourth-order valence-corrected chi connectivity index (χ4v) is 3.13. The predicted molar refractivity (Wildman–Crippen MR) is 73.7 cm³/mol. The van der Waals surface area contributed by atoms with E-state index in [1.165, 1.54) is 0 Å². The molecule has 0 aromatic heterocycles. The van der Waals surface area contributed by atoms with Crippen LogP contribution in [0.5, 0.6) is 0 Å². The molecule has 2 heterocycles. The highest BCUT2D eigenvalue weighted by atomic mass is 16.5. The van der Waals surface area contributed by atoms with Crippen LogP contribution in [0.15, 0.2) is 0 Å². The van der Waals surface area contributed by atoms with E-state index >= 15 is 0 Å². The van der Waals surface area contributed by atoms with Crippen molar-refractivity contribution in [3.05, 3.63) is 0 Å². The van der Waals surface area contributed by atoms with Crippen LogP contribution >= 0.6 is 0 Å². The number of aliphatic hydroxyl groups excluding tert-OH is 1. The Balaban J connectivity index is 1.88. The van der Waals surface area contributed by atoms with Gasteiger partial charge < -0.3 is 14.7 Å². The number of rotatable bonds is 3. The summed E-state index contributed by atoms with van der Waals surface area (Å²) in [5, 5.41) is 9.91. The smallest absolute Gasteiger partial charge is 0.225 e. The molecule has 110 valence electrons. The third kappa shape index (κ3) is 3.69. The number of β-amino-alcohol motifs (C(OH)–C–C–N with tert-alkyl or cyclic N) is 1. The molecule has 19 heavy (non-hydrogen) atoms. The average Bonchev–Trinajstić information content (AvgIpc) is 2.42. The van der Waals surface area contributed by atoms with Crippen LogP contribution < -0.4 is 0 Å². The lowest BCUT2D eigenvalue weighted by atomic mass is 9.90. The molecule has 4 nitrogen and oxygen atoms in total. The van der Waals surface area contributed by atoms with Crippen LogP contribution in [0.2, 0.25) is 0 Å². The van der Waals surface area contributed by atoms with Gasteiger partial charge in [-0.2, -0.15) is 0 Å². The molecule has 2 aliphatic heterocycles. The van der Waals surface area contributed by atoms with Crippen molar-refractivity contribution in [3.63, 3.8) is 0 Å². The first kappa shape index (κ1) is 14.8. The van der Waals surface area contributed by atoms with Gasteiger partial charge in [-0.25, -0.2) is 0 Å². The van der Waals surface area contributed by atoms with E-state index in [1.807, 2.05) is 4.90 Å². The van der Waals surface area contributed by atoms with Crippen LogP contribution in [-0.2, 0) is 9.53 Å². The minimum absolute atomic E-state index is 0.103. The van der Waals surface area contributed by atoms with Crippen molar-refractivity contribution in [2.24, 2.45) is 11.8 Å². The maximum Gasteiger partial charge on any atom is 0.225 e. The van der Waals surface area contributed by atoms with E-state index in [4.69, 9.17) is 4.74 Å². The zero-order valence-corrected chi connectivity index (χ0v) is 12.2. The number of hydrogen-bond acceptors (Lipinski definition) is 3. The van der Waals surface area contributed by atoms with Crippen molar-refractivity contribution in [3.8, 4) is 0 Å². The molecule has 2 rings (SSSR count). The Bertz CT molecular complexity index is 306. The Morgan fingerprint density at radius 1 is 1.42 bits per heavy atom. The minimum atomic E-state index is -0.357. The second-order valence-electron chi connectivity index (χ2n) is 6.12.